The molecule has 3 rings (SSSR count). The van der Waals surface area contributed by atoms with Crippen LogP contribution in [-0.2, 0) is 14.3 Å². The fourth-order valence-electron chi connectivity index (χ4n) is 4.11. The van der Waals surface area contributed by atoms with E-state index in [-0.39, 0.29) is 19.1 Å². The third-order valence-electron chi connectivity index (χ3n) is 5.73. The number of likely N-dealkylation sites (N-methyl/N-ethyl adjacent to an activating group) is 1. The number of rotatable bonds is 11. The van der Waals surface area contributed by atoms with Crippen LogP contribution in [0.5, 0.6) is 0 Å². The minimum Gasteiger partial charge on any atom is -0.480 e. The predicted molar refractivity (Wildman–Crippen MR) is 133 cm³/mol. The first-order valence-corrected chi connectivity index (χ1v) is 12.5. The average molecular weight is 486 g/mol. The molecule has 2 aromatic rings. The number of carboxylic acids is 1. The van der Waals surface area contributed by atoms with Gasteiger partial charge in [-0.15, -0.1) is 0 Å². The van der Waals surface area contributed by atoms with Crippen molar-refractivity contribution in [3.8, 4) is 11.1 Å². The van der Waals surface area contributed by atoms with Crippen LogP contribution in [0.15, 0.2) is 48.5 Å². The molecular weight excluding hydrogens is 454 g/mol. The van der Waals surface area contributed by atoms with E-state index in [1.54, 1.807) is 19.0 Å². The van der Waals surface area contributed by atoms with Gasteiger partial charge in [0.05, 0.1) is 0 Å². The molecule has 0 radical (unpaired) electrons. The smallest absolute Gasteiger partial charge is 0.407 e. The molecule has 0 bridgehead atoms. The zero-order valence-electron chi connectivity index (χ0n) is 19.6. The average Bonchev–Trinajstić information content (AvgIpc) is 3.13. The Labute approximate surface area is 204 Å². The van der Waals surface area contributed by atoms with E-state index in [4.69, 9.17) is 4.74 Å². The largest absolute Gasteiger partial charge is 0.480 e. The molecule has 0 saturated carbocycles. The number of aliphatic carboxylic acids is 1. The van der Waals surface area contributed by atoms with Gasteiger partial charge in [-0.2, -0.15) is 11.8 Å². The van der Waals surface area contributed by atoms with Gasteiger partial charge in [0, 0.05) is 12.5 Å². The lowest BCUT2D eigenvalue weighted by molar-refractivity contribution is -0.142. The zero-order valence-corrected chi connectivity index (χ0v) is 20.4. The van der Waals surface area contributed by atoms with Crippen molar-refractivity contribution in [3.63, 3.8) is 0 Å². The summed E-state index contributed by atoms with van der Waals surface area (Å²) in [6.45, 7) is 0.274. The molecule has 9 heteroatoms. The van der Waals surface area contributed by atoms with Gasteiger partial charge < -0.3 is 25.4 Å². The Kier molecular flexibility index (Phi) is 8.95. The Bertz CT molecular complexity index is 984. The van der Waals surface area contributed by atoms with Gasteiger partial charge in [0.1, 0.15) is 18.7 Å². The molecule has 2 aromatic carbocycles. The monoisotopic (exact) mass is 485 g/mol. The van der Waals surface area contributed by atoms with Crippen molar-refractivity contribution in [2.45, 2.75) is 24.4 Å². The van der Waals surface area contributed by atoms with Crippen LogP contribution < -0.4 is 10.6 Å². The number of thioether (sulfide) groups is 1. The Morgan fingerprint density at radius 1 is 1.00 bits per heavy atom. The highest BCUT2D eigenvalue weighted by Gasteiger charge is 2.30. The van der Waals surface area contributed by atoms with Crippen molar-refractivity contribution in [2.75, 3.05) is 39.3 Å². The van der Waals surface area contributed by atoms with E-state index >= 15 is 0 Å². The van der Waals surface area contributed by atoms with E-state index in [1.165, 1.54) is 11.8 Å². The molecular formula is C25H31N3O5S. The number of amides is 2. The van der Waals surface area contributed by atoms with Crippen LogP contribution in [0.1, 0.15) is 23.5 Å². The van der Waals surface area contributed by atoms with Crippen LogP contribution in [0, 0.1) is 0 Å². The second-order valence-electron chi connectivity index (χ2n) is 8.47. The third kappa shape index (κ3) is 6.30. The van der Waals surface area contributed by atoms with E-state index in [0.717, 1.165) is 22.3 Å². The number of carboxylic acid groups (broad SMARTS) is 1. The van der Waals surface area contributed by atoms with Gasteiger partial charge in [-0.05, 0) is 54.8 Å². The summed E-state index contributed by atoms with van der Waals surface area (Å²) < 4.78 is 5.56. The maximum Gasteiger partial charge on any atom is 0.407 e. The third-order valence-corrected chi connectivity index (χ3v) is 6.37. The van der Waals surface area contributed by atoms with E-state index in [1.807, 2.05) is 42.7 Å². The number of hydrogen-bond acceptors (Lipinski definition) is 6. The Balaban J connectivity index is 1.65. The maximum absolute atomic E-state index is 12.8. The van der Waals surface area contributed by atoms with Gasteiger partial charge in [0.15, 0.2) is 0 Å². The molecule has 2 amide bonds. The van der Waals surface area contributed by atoms with E-state index < -0.39 is 30.1 Å². The molecule has 0 heterocycles. The number of benzene rings is 2. The summed E-state index contributed by atoms with van der Waals surface area (Å²) in [6, 6.07) is 14.1. The first kappa shape index (κ1) is 25.6. The lowest BCUT2D eigenvalue weighted by Crippen LogP contribution is -2.54. The van der Waals surface area contributed by atoms with Crippen LogP contribution in [0.2, 0.25) is 0 Å². The quantitative estimate of drug-likeness (QED) is 0.449. The molecule has 3 N–H and O–H groups in total. The molecule has 34 heavy (non-hydrogen) atoms. The van der Waals surface area contributed by atoms with Crippen LogP contribution in [0.25, 0.3) is 11.1 Å². The Morgan fingerprint density at radius 2 is 1.59 bits per heavy atom. The lowest BCUT2D eigenvalue weighted by atomic mass is 9.98. The van der Waals surface area contributed by atoms with Crippen molar-refractivity contribution in [2.24, 2.45) is 0 Å². The number of hydrogen-bond donors (Lipinski definition) is 3. The number of nitrogens with zero attached hydrogens (tertiary/aromatic N) is 1. The van der Waals surface area contributed by atoms with Gasteiger partial charge in [0.25, 0.3) is 0 Å². The van der Waals surface area contributed by atoms with Crippen molar-refractivity contribution in [1.82, 2.24) is 15.5 Å². The molecule has 0 aromatic heterocycles. The van der Waals surface area contributed by atoms with Crippen LogP contribution in [0.3, 0.4) is 0 Å². The number of carbonyl (C=O) groups excluding carboxylic acids is 2. The summed E-state index contributed by atoms with van der Waals surface area (Å²) in [7, 11) is 3.45. The van der Waals surface area contributed by atoms with Crippen molar-refractivity contribution < 1.29 is 24.2 Å². The fourth-order valence-corrected chi connectivity index (χ4v) is 4.58. The van der Waals surface area contributed by atoms with E-state index in [0.29, 0.717) is 12.2 Å². The van der Waals surface area contributed by atoms with Gasteiger partial charge in [-0.3, -0.25) is 4.79 Å². The minimum absolute atomic E-state index is 0.0897. The molecule has 0 fully saturated rings. The van der Waals surface area contributed by atoms with Gasteiger partial charge in [-0.25, -0.2) is 9.59 Å². The lowest BCUT2D eigenvalue weighted by Gasteiger charge is -2.23. The summed E-state index contributed by atoms with van der Waals surface area (Å²) in [4.78, 5) is 38.6. The highest BCUT2D eigenvalue weighted by atomic mass is 32.2. The second kappa shape index (κ2) is 11.9. The van der Waals surface area contributed by atoms with Crippen molar-refractivity contribution >= 4 is 29.7 Å². The summed E-state index contributed by atoms with van der Waals surface area (Å²) >= 11 is 1.53. The first-order valence-electron chi connectivity index (χ1n) is 11.1. The molecule has 0 aliphatic heterocycles. The summed E-state index contributed by atoms with van der Waals surface area (Å²) in [5.74, 6) is -1.15. The van der Waals surface area contributed by atoms with E-state index in [2.05, 4.69) is 22.8 Å². The summed E-state index contributed by atoms with van der Waals surface area (Å²) in [6.07, 6.45) is 1.54. The molecule has 0 spiro atoms. The molecule has 2 atom stereocenters. The van der Waals surface area contributed by atoms with Crippen LogP contribution in [-0.4, -0.2) is 79.3 Å². The second-order valence-corrected chi connectivity index (χ2v) is 9.45. The Hall–Kier alpha value is -3.04. The zero-order chi connectivity index (χ0) is 24.7. The van der Waals surface area contributed by atoms with E-state index in [9.17, 15) is 19.5 Å². The number of fused-ring (bicyclic) bond motifs is 3. The topological polar surface area (TPSA) is 108 Å². The number of carbonyl (C=O) groups is 3. The maximum atomic E-state index is 12.8. The highest BCUT2D eigenvalue weighted by molar-refractivity contribution is 7.98. The van der Waals surface area contributed by atoms with Crippen LogP contribution in [0.4, 0.5) is 4.79 Å². The minimum atomic E-state index is -1.13. The van der Waals surface area contributed by atoms with Gasteiger partial charge in [0.2, 0.25) is 5.91 Å². The molecule has 1 aliphatic rings. The van der Waals surface area contributed by atoms with Gasteiger partial charge >= 0.3 is 12.1 Å². The molecule has 0 unspecified atom stereocenters. The SMILES string of the molecule is CSCC[C@H](NC(=O)OCC1c2ccccc2-c2ccccc21)C(=O)N[C@@H](CN(C)C)C(=O)O. The number of ether oxygens (including phenoxy) is 1. The van der Waals surface area contributed by atoms with Crippen molar-refractivity contribution in [3.05, 3.63) is 59.7 Å². The normalized spacial score (nSPS) is 14.1. The summed E-state index contributed by atoms with van der Waals surface area (Å²) in [5.41, 5.74) is 4.46. The highest BCUT2D eigenvalue weighted by Crippen LogP contribution is 2.44. The van der Waals surface area contributed by atoms with Crippen LogP contribution >= 0.6 is 11.8 Å². The summed E-state index contributed by atoms with van der Waals surface area (Å²) in [5, 5.41) is 14.6. The number of nitrogens with one attached hydrogen (secondary N) is 2. The van der Waals surface area contributed by atoms with Gasteiger partial charge in [-0.1, -0.05) is 48.5 Å². The molecule has 0 saturated heterocycles. The molecule has 8 nitrogen and oxygen atoms in total. The Morgan fingerprint density at radius 3 is 2.12 bits per heavy atom. The number of alkyl carbamates (subject to hydrolysis) is 1. The fraction of sp³-hybridized carbons (Fsp3) is 0.400. The molecule has 182 valence electrons. The van der Waals surface area contributed by atoms with Crippen molar-refractivity contribution in [1.29, 1.82) is 0 Å². The first-order chi connectivity index (χ1) is 16.3. The predicted octanol–water partition coefficient (Wildman–Crippen LogP) is 2.78. The molecule has 1 aliphatic carbocycles. The standard InChI is InChI=1S/C25H31N3O5S/c1-28(2)14-22(24(30)31)26-23(29)21(12-13-34-3)27-25(32)33-15-20-18-10-6-4-8-16(18)17-9-5-7-11-19(17)20/h4-11,20-22H,12-15H2,1-3H3,(H,26,29)(H,27,32)(H,30,31)/t21-,22-/m0/s1.